The van der Waals surface area contributed by atoms with Crippen LogP contribution >= 0.6 is 0 Å². The number of hydrogen-bond donors (Lipinski definition) is 1. The van der Waals surface area contributed by atoms with Crippen molar-refractivity contribution in [2.45, 2.75) is 38.5 Å². The molecular weight excluding hydrogens is 264 g/mol. The minimum Gasteiger partial charge on any atom is -0.495 e. The number of amides is 1. The van der Waals surface area contributed by atoms with Crippen molar-refractivity contribution in [2.75, 3.05) is 32.1 Å². The van der Waals surface area contributed by atoms with Gasteiger partial charge in [0.1, 0.15) is 5.75 Å². The Balaban J connectivity index is 1.89. The van der Waals surface area contributed by atoms with Gasteiger partial charge >= 0.3 is 0 Å². The summed E-state index contributed by atoms with van der Waals surface area (Å²) >= 11 is 0. The van der Waals surface area contributed by atoms with E-state index in [9.17, 15) is 4.79 Å². The van der Waals surface area contributed by atoms with Crippen molar-refractivity contribution >= 4 is 11.6 Å². The molecule has 2 aliphatic rings. The van der Waals surface area contributed by atoms with Crippen LogP contribution in [0.5, 0.6) is 5.75 Å². The highest BCUT2D eigenvalue weighted by Crippen LogP contribution is 2.40. The first-order valence-electron chi connectivity index (χ1n) is 7.95. The topological polar surface area (TPSA) is 41.6 Å². The molecule has 4 nitrogen and oxygen atoms in total. The van der Waals surface area contributed by atoms with Gasteiger partial charge < -0.3 is 15.0 Å². The Morgan fingerprint density at radius 3 is 3.05 bits per heavy atom. The van der Waals surface area contributed by atoms with E-state index in [0.29, 0.717) is 12.3 Å². The number of carbonyl (C=O) groups is 1. The second kappa shape index (κ2) is 6.06. The lowest BCUT2D eigenvalue weighted by molar-refractivity contribution is -0.115. The van der Waals surface area contributed by atoms with Crippen LogP contribution in [0.25, 0.3) is 0 Å². The van der Waals surface area contributed by atoms with Crippen molar-refractivity contribution in [1.29, 1.82) is 0 Å². The monoisotopic (exact) mass is 288 g/mol. The van der Waals surface area contributed by atoms with Crippen LogP contribution in [0.1, 0.15) is 43.2 Å². The largest absolute Gasteiger partial charge is 0.495 e. The average molecular weight is 288 g/mol. The summed E-state index contributed by atoms with van der Waals surface area (Å²) in [7, 11) is 1.66. The van der Waals surface area contributed by atoms with Crippen LogP contribution in [0.4, 0.5) is 5.69 Å². The van der Waals surface area contributed by atoms with Crippen LogP contribution in [-0.2, 0) is 11.2 Å². The molecule has 1 N–H and O–H groups in total. The lowest BCUT2D eigenvalue weighted by atomic mass is 9.86. The number of likely N-dealkylation sites (tertiary alicyclic amines) is 1. The van der Waals surface area contributed by atoms with Crippen LogP contribution < -0.4 is 10.1 Å². The Bertz CT molecular complexity index is 540. The third-order valence-electron chi connectivity index (χ3n) is 4.62. The van der Waals surface area contributed by atoms with Crippen molar-refractivity contribution in [2.24, 2.45) is 0 Å². The van der Waals surface area contributed by atoms with E-state index in [1.54, 1.807) is 7.11 Å². The smallest absolute Gasteiger partial charge is 0.228 e. The van der Waals surface area contributed by atoms with Gasteiger partial charge in [-0.1, -0.05) is 13.0 Å². The van der Waals surface area contributed by atoms with E-state index in [0.717, 1.165) is 23.5 Å². The van der Waals surface area contributed by atoms with Crippen molar-refractivity contribution in [3.63, 3.8) is 0 Å². The number of methoxy groups -OCH3 is 1. The van der Waals surface area contributed by atoms with E-state index in [2.05, 4.69) is 23.2 Å². The van der Waals surface area contributed by atoms with Crippen LogP contribution in [0, 0.1) is 0 Å². The van der Waals surface area contributed by atoms with Crippen molar-refractivity contribution in [1.82, 2.24) is 4.90 Å². The second-order valence-corrected chi connectivity index (χ2v) is 6.08. The quantitative estimate of drug-likeness (QED) is 0.926. The molecule has 2 heterocycles. The minimum atomic E-state index is 0.0805. The number of nitrogens with one attached hydrogen (secondary N) is 1. The van der Waals surface area contributed by atoms with Gasteiger partial charge in [-0.15, -0.1) is 0 Å². The van der Waals surface area contributed by atoms with E-state index in [4.69, 9.17) is 4.74 Å². The molecule has 0 radical (unpaired) electrons. The van der Waals surface area contributed by atoms with E-state index in [1.165, 1.54) is 37.9 Å². The number of anilines is 1. The molecule has 4 heteroatoms. The third kappa shape index (κ3) is 2.77. The van der Waals surface area contributed by atoms with Crippen molar-refractivity contribution in [3.05, 3.63) is 23.3 Å². The molecule has 0 saturated carbocycles. The Labute approximate surface area is 126 Å². The fourth-order valence-corrected chi connectivity index (χ4v) is 3.70. The number of fused-ring (bicyclic) bond motifs is 1. The maximum absolute atomic E-state index is 11.8. The molecule has 3 rings (SSSR count). The number of carbonyl (C=O) groups excluding carboxylic acids is 1. The van der Waals surface area contributed by atoms with E-state index >= 15 is 0 Å². The van der Waals surface area contributed by atoms with Crippen LogP contribution in [-0.4, -0.2) is 37.6 Å². The van der Waals surface area contributed by atoms with E-state index in [1.807, 2.05) is 6.07 Å². The fraction of sp³-hybridized carbons (Fsp3) is 0.588. The first kappa shape index (κ1) is 14.4. The molecule has 0 spiro atoms. The highest BCUT2D eigenvalue weighted by molar-refractivity contribution is 6.01. The molecule has 1 atom stereocenters. The van der Waals surface area contributed by atoms with Gasteiger partial charge in [-0.05, 0) is 55.5 Å². The summed E-state index contributed by atoms with van der Waals surface area (Å²) in [5.41, 5.74) is 3.39. The Morgan fingerprint density at radius 1 is 1.43 bits per heavy atom. The molecule has 1 aromatic rings. The molecule has 2 aliphatic heterocycles. The highest BCUT2D eigenvalue weighted by Gasteiger charge is 2.29. The summed E-state index contributed by atoms with van der Waals surface area (Å²) in [4.78, 5) is 14.3. The summed E-state index contributed by atoms with van der Waals surface area (Å²) in [5.74, 6) is 1.40. The SMILES string of the molecule is CCCN1CCCC(c2ccc(OC)c3c2CC(=O)N3)C1. The van der Waals surface area contributed by atoms with Gasteiger partial charge in [0.05, 0.1) is 19.2 Å². The molecule has 1 unspecified atom stereocenters. The normalized spacial score (nSPS) is 22.0. The lowest BCUT2D eigenvalue weighted by Gasteiger charge is -2.33. The zero-order chi connectivity index (χ0) is 14.8. The van der Waals surface area contributed by atoms with Crippen LogP contribution in [0.15, 0.2) is 12.1 Å². The average Bonchev–Trinajstić information content (AvgIpc) is 2.88. The minimum absolute atomic E-state index is 0.0805. The van der Waals surface area contributed by atoms with Crippen LogP contribution in [0.2, 0.25) is 0 Å². The number of ether oxygens (including phenoxy) is 1. The summed E-state index contributed by atoms with van der Waals surface area (Å²) < 4.78 is 5.38. The van der Waals surface area contributed by atoms with Gasteiger partial charge in [-0.25, -0.2) is 0 Å². The first-order chi connectivity index (χ1) is 10.2. The summed E-state index contributed by atoms with van der Waals surface area (Å²) in [6.07, 6.45) is 4.15. The van der Waals surface area contributed by atoms with Gasteiger partial charge in [0.25, 0.3) is 0 Å². The zero-order valence-corrected chi connectivity index (χ0v) is 12.9. The summed E-state index contributed by atoms with van der Waals surface area (Å²) in [5, 5.41) is 2.96. The van der Waals surface area contributed by atoms with Gasteiger partial charge in [-0.2, -0.15) is 0 Å². The third-order valence-corrected chi connectivity index (χ3v) is 4.62. The molecule has 0 bridgehead atoms. The predicted molar refractivity (Wildman–Crippen MR) is 84.0 cm³/mol. The highest BCUT2D eigenvalue weighted by atomic mass is 16.5. The Morgan fingerprint density at radius 2 is 2.29 bits per heavy atom. The predicted octanol–water partition coefficient (Wildman–Crippen LogP) is 2.78. The fourth-order valence-electron chi connectivity index (χ4n) is 3.70. The first-order valence-corrected chi connectivity index (χ1v) is 7.95. The van der Waals surface area contributed by atoms with Gasteiger partial charge in [0.2, 0.25) is 5.91 Å². The molecule has 1 aromatic carbocycles. The van der Waals surface area contributed by atoms with Crippen molar-refractivity contribution < 1.29 is 9.53 Å². The van der Waals surface area contributed by atoms with E-state index in [-0.39, 0.29) is 5.91 Å². The summed E-state index contributed by atoms with van der Waals surface area (Å²) in [6.45, 7) is 5.73. The maximum Gasteiger partial charge on any atom is 0.228 e. The number of rotatable bonds is 4. The zero-order valence-electron chi connectivity index (χ0n) is 12.9. The molecule has 114 valence electrons. The Kier molecular flexibility index (Phi) is 4.15. The lowest BCUT2D eigenvalue weighted by Crippen LogP contribution is -2.35. The Hall–Kier alpha value is -1.55. The molecular formula is C17H24N2O2. The van der Waals surface area contributed by atoms with Gasteiger partial charge in [-0.3, -0.25) is 4.79 Å². The molecule has 1 fully saturated rings. The van der Waals surface area contributed by atoms with Crippen LogP contribution in [0.3, 0.4) is 0 Å². The molecule has 1 amide bonds. The number of benzene rings is 1. The van der Waals surface area contributed by atoms with Gasteiger partial charge in [0.15, 0.2) is 0 Å². The second-order valence-electron chi connectivity index (χ2n) is 6.08. The molecule has 1 saturated heterocycles. The van der Waals surface area contributed by atoms with E-state index < -0.39 is 0 Å². The molecule has 21 heavy (non-hydrogen) atoms. The number of nitrogens with zero attached hydrogens (tertiary/aromatic N) is 1. The van der Waals surface area contributed by atoms with Crippen molar-refractivity contribution in [3.8, 4) is 5.75 Å². The maximum atomic E-state index is 11.8. The molecule has 0 aromatic heterocycles. The summed E-state index contributed by atoms with van der Waals surface area (Å²) in [6, 6.07) is 4.16. The standard InChI is InChI=1S/C17H24N2O2/c1-3-8-19-9-4-5-12(11-19)13-6-7-15(21-2)17-14(13)10-16(20)18-17/h6-7,12H,3-5,8-11H2,1-2H3,(H,18,20). The van der Waals surface area contributed by atoms with Gasteiger partial charge in [0, 0.05) is 6.54 Å². The number of piperidine rings is 1. The number of hydrogen-bond acceptors (Lipinski definition) is 3. The molecule has 0 aliphatic carbocycles.